The maximum atomic E-state index is 13.0. The third-order valence-corrected chi connectivity index (χ3v) is 5.71. The van der Waals surface area contributed by atoms with Crippen LogP contribution < -0.4 is 10.3 Å². The van der Waals surface area contributed by atoms with Crippen molar-refractivity contribution in [2.75, 3.05) is 26.1 Å². The van der Waals surface area contributed by atoms with E-state index in [4.69, 9.17) is 9.47 Å². The van der Waals surface area contributed by atoms with E-state index in [2.05, 4.69) is 17.1 Å². The van der Waals surface area contributed by atoms with Crippen molar-refractivity contribution in [1.29, 1.82) is 0 Å². The first-order chi connectivity index (χ1) is 14.7. The van der Waals surface area contributed by atoms with E-state index in [0.29, 0.717) is 36.7 Å². The highest BCUT2D eigenvalue weighted by Gasteiger charge is 2.16. The number of hydrogen-bond donors (Lipinski definition) is 0. The van der Waals surface area contributed by atoms with Crippen molar-refractivity contribution >= 4 is 28.4 Å². The molecule has 0 atom stereocenters. The average Bonchev–Trinajstić information content (AvgIpc) is 3.19. The molecule has 0 saturated carbocycles. The summed E-state index contributed by atoms with van der Waals surface area (Å²) in [6, 6.07) is 15.6. The highest BCUT2D eigenvalue weighted by Crippen LogP contribution is 2.22. The van der Waals surface area contributed by atoms with E-state index in [1.54, 1.807) is 23.4 Å². The fraction of sp³-hybridized carbons (Fsp3) is 0.318. The molecule has 156 valence electrons. The lowest BCUT2D eigenvalue weighted by Crippen LogP contribution is -2.24. The standard InChI is InChI=1S/C22H24N4O3S/c1-16-8-10-17(11-9-16)29-14-15-30-22-24-23-21-25(12-5-13-28-2)20(27)18-6-3-4-7-19(18)26(21)22/h3-4,6-11H,5,12-15H2,1-2H3. The van der Waals surface area contributed by atoms with Gasteiger partial charge >= 0.3 is 0 Å². The Labute approximate surface area is 178 Å². The number of benzene rings is 2. The first kappa shape index (κ1) is 20.4. The van der Waals surface area contributed by atoms with Gasteiger partial charge in [0.15, 0.2) is 5.16 Å². The Morgan fingerprint density at radius 1 is 1.03 bits per heavy atom. The van der Waals surface area contributed by atoms with E-state index in [-0.39, 0.29) is 5.56 Å². The number of nitrogens with zero attached hydrogens (tertiary/aromatic N) is 4. The molecule has 0 N–H and O–H groups in total. The molecule has 0 fully saturated rings. The zero-order valence-corrected chi connectivity index (χ0v) is 17.9. The highest BCUT2D eigenvalue weighted by atomic mass is 32.2. The molecule has 0 bridgehead atoms. The number of hydrogen-bond acceptors (Lipinski definition) is 6. The summed E-state index contributed by atoms with van der Waals surface area (Å²) in [6.45, 7) is 3.71. The number of thioether (sulfide) groups is 1. The molecule has 0 radical (unpaired) electrons. The van der Waals surface area contributed by atoms with Crippen LogP contribution in [0.3, 0.4) is 0 Å². The molecule has 2 heterocycles. The fourth-order valence-electron chi connectivity index (χ4n) is 3.32. The first-order valence-corrected chi connectivity index (χ1v) is 10.9. The van der Waals surface area contributed by atoms with Crippen LogP contribution in [0.2, 0.25) is 0 Å². The van der Waals surface area contributed by atoms with Crippen LogP contribution in [0, 0.1) is 6.92 Å². The van der Waals surface area contributed by atoms with Gasteiger partial charge in [0.05, 0.1) is 17.5 Å². The van der Waals surface area contributed by atoms with E-state index >= 15 is 0 Å². The minimum absolute atomic E-state index is 0.0548. The van der Waals surface area contributed by atoms with E-state index in [1.807, 2.05) is 52.9 Å². The first-order valence-electron chi connectivity index (χ1n) is 9.87. The summed E-state index contributed by atoms with van der Waals surface area (Å²) >= 11 is 1.56. The molecule has 0 spiro atoms. The molecule has 30 heavy (non-hydrogen) atoms. The normalized spacial score (nSPS) is 11.4. The lowest BCUT2D eigenvalue weighted by atomic mass is 10.2. The van der Waals surface area contributed by atoms with Gasteiger partial charge in [-0.2, -0.15) is 0 Å². The number of para-hydroxylation sites is 1. The third-order valence-electron chi connectivity index (χ3n) is 4.81. The van der Waals surface area contributed by atoms with E-state index in [0.717, 1.165) is 22.8 Å². The second-order valence-electron chi connectivity index (χ2n) is 6.95. The fourth-order valence-corrected chi connectivity index (χ4v) is 4.08. The second-order valence-corrected chi connectivity index (χ2v) is 8.01. The summed E-state index contributed by atoms with van der Waals surface area (Å²) in [5.74, 6) is 2.12. The summed E-state index contributed by atoms with van der Waals surface area (Å²) in [5, 5.41) is 10.1. The predicted octanol–water partition coefficient (Wildman–Crippen LogP) is 3.56. The van der Waals surface area contributed by atoms with E-state index in [9.17, 15) is 4.79 Å². The lowest BCUT2D eigenvalue weighted by molar-refractivity contribution is 0.190. The van der Waals surface area contributed by atoms with Crippen LogP contribution in [0.5, 0.6) is 5.75 Å². The molecule has 0 amide bonds. The molecule has 2 aromatic heterocycles. The second kappa shape index (κ2) is 9.32. The SMILES string of the molecule is COCCCn1c(=O)c2ccccc2n2c(SCCOc3ccc(C)cc3)nnc12. The van der Waals surface area contributed by atoms with Crippen LogP contribution in [-0.4, -0.2) is 45.2 Å². The molecule has 0 saturated heterocycles. The lowest BCUT2D eigenvalue weighted by Gasteiger charge is -2.11. The Morgan fingerprint density at radius 3 is 2.63 bits per heavy atom. The van der Waals surface area contributed by atoms with Gasteiger partial charge in [0, 0.05) is 26.0 Å². The molecular formula is C22H24N4O3S. The van der Waals surface area contributed by atoms with Crippen LogP contribution in [-0.2, 0) is 11.3 Å². The zero-order valence-electron chi connectivity index (χ0n) is 17.1. The van der Waals surface area contributed by atoms with Crippen LogP contribution in [0.25, 0.3) is 16.7 Å². The van der Waals surface area contributed by atoms with Gasteiger partial charge < -0.3 is 9.47 Å². The van der Waals surface area contributed by atoms with Crippen LogP contribution >= 0.6 is 11.8 Å². The largest absolute Gasteiger partial charge is 0.493 e. The third kappa shape index (κ3) is 4.20. The van der Waals surface area contributed by atoms with Crippen LogP contribution in [0.1, 0.15) is 12.0 Å². The Bertz CT molecular complexity index is 1200. The maximum absolute atomic E-state index is 13.0. The highest BCUT2D eigenvalue weighted by molar-refractivity contribution is 7.99. The summed E-state index contributed by atoms with van der Waals surface area (Å²) in [5.41, 5.74) is 1.96. The molecule has 4 rings (SSSR count). The van der Waals surface area contributed by atoms with Gasteiger partial charge in [-0.05, 0) is 37.6 Å². The Kier molecular flexibility index (Phi) is 6.35. The predicted molar refractivity (Wildman–Crippen MR) is 119 cm³/mol. The number of rotatable bonds is 9. The van der Waals surface area contributed by atoms with Crippen molar-refractivity contribution in [2.45, 2.75) is 25.0 Å². The van der Waals surface area contributed by atoms with Crippen molar-refractivity contribution in [3.05, 3.63) is 64.4 Å². The maximum Gasteiger partial charge on any atom is 0.262 e. The van der Waals surface area contributed by atoms with Crippen molar-refractivity contribution in [3.8, 4) is 5.75 Å². The monoisotopic (exact) mass is 424 g/mol. The van der Waals surface area contributed by atoms with E-state index in [1.165, 1.54) is 5.56 Å². The molecule has 7 nitrogen and oxygen atoms in total. The summed E-state index contributed by atoms with van der Waals surface area (Å²) in [4.78, 5) is 13.0. The zero-order chi connectivity index (χ0) is 20.9. The van der Waals surface area contributed by atoms with Gasteiger partial charge in [-0.1, -0.05) is 41.6 Å². The molecule has 0 aliphatic heterocycles. The summed E-state index contributed by atoms with van der Waals surface area (Å²) in [6.07, 6.45) is 0.726. The van der Waals surface area contributed by atoms with Crippen LogP contribution in [0.4, 0.5) is 0 Å². The van der Waals surface area contributed by atoms with Crippen molar-refractivity contribution in [3.63, 3.8) is 0 Å². The smallest absolute Gasteiger partial charge is 0.262 e. The minimum Gasteiger partial charge on any atom is -0.493 e. The molecule has 2 aromatic carbocycles. The van der Waals surface area contributed by atoms with Crippen molar-refractivity contribution in [2.24, 2.45) is 0 Å². The molecule has 0 aliphatic carbocycles. The number of ether oxygens (including phenoxy) is 2. The quantitative estimate of drug-likeness (QED) is 0.302. The Hall–Kier alpha value is -2.84. The van der Waals surface area contributed by atoms with Crippen LogP contribution in [0.15, 0.2) is 58.5 Å². The molecule has 0 aliphatic rings. The van der Waals surface area contributed by atoms with Gasteiger partial charge in [-0.3, -0.25) is 13.8 Å². The van der Waals surface area contributed by atoms with E-state index < -0.39 is 0 Å². The molecular weight excluding hydrogens is 400 g/mol. The average molecular weight is 425 g/mol. The summed E-state index contributed by atoms with van der Waals surface area (Å²) in [7, 11) is 1.66. The Morgan fingerprint density at radius 2 is 1.83 bits per heavy atom. The number of aryl methyl sites for hydroxylation is 2. The van der Waals surface area contributed by atoms with Crippen molar-refractivity contribution in [1.82, 2.24) is 19.2 Å². The van der Waals surface area contributed by atoms with Gasteiger partial charge in [0.25, 0.3) is 5.56 Å². The molecule has 8 heteroatoms. The minimum atomic E-state index is -0.0548. The van der Waals surface area contributed by atoms with Crippen molar-refractivity contribution < 1.29 is 9.47 Å². The van der Waals surface area contributed by atoms with Gasteiger partial charge in [0.2, 0.25) is 5.78 Å². The number of fused-ring (bicyclic) bond motifs is 3. The summed E-state index contributed by atoms with van der Waals surface area (Å²) < 4.78 is 14.6. The molecule has 0 unspecified atom stereocenters. The number of methoxy groups -OCH3 is 1. The number of aromatic nitrogens is 4. The topological polar surface area (TPSA) is 70.7 Å². The Balaban J connectivity index is 1.59. The van der Waals surface area contributed by atoms with Gasteiger partial charge in [-0.25, -0.2) is 0 Å². The van der Waals surface area contributed by atoms with Gasteiger partial charge in [-0.15, -0.1) is 10.2 Å². The molecule has 4 aromatic rings. The van der Waals surface area contributed by atoms with Gasteiger partial charge in [0.1, 0.15) is 5.75 Å².